The maximum absolute atomic E-state index is 12.8. The summed E-state index contributed by atoms with van der Waals surface area (Å²) in [6.07, 6.45) is 1.98. The summed E-state index contributed by atoms with van der Waals surface area (Å²) in [5, 5.41) is 1.27. The van der Waals surface area contributed by atoms with Crippen molar-refractivity contribution >= 4 is 34.3 Å². The first-order valence-corrected chi connectivity index (χ1v) is 9.59. The van der Waals surface area contributed by atoms with Crippen LogP contribution in [0.1, 0.15) is 18.9 Å². The number of aromatic nitrogens is 2. The molecule has 1 saturated carbocycles. The summed E-state index contributed by atoms with van der Waals surface area (Å²) in [5.74, 6) is 0.217. The average Bonchev–Trinajstić information content (AvgIpc) is 3.51. The summed E-state index contributed by atoms with van der Waals surface area (Å²) in [6, 6.07) is 17.1. The second-order valence-electron chi connectivity index (χ2n) is 6.39. The van der Waals surface area contributed by atoms with Crippen molar-refractivity contribution in [3.63, 3.8) is 0 Å². The van der Waals surface area contributed by atoms with Crippen molar-refractivity contribution in [3.8, 4) is 0 Å². The van der Waals surface area contributed by atoms with Crippen molar-refractivity contribution in [3.05, 3.63) is 65.0 Å². The third-order valence-electron chi connectivity index (χ3n) is 4.53. The normalized spacial score (nSPS) is 13.7. The molecule has 6 heteroatoms. The molecule has 4 rings (SSSR count). The van der Waals surface area contributed by atoms with Gasteiger partial charge in [-0.05, 0) is 37.1 Å². The topological polar surface area (TPSA) is 55.2 Å². The van der Waals surface area contributed by atoms with Gasteiger partial charge < -0.3 is 4.90 Å². The van der Waals surface area contributed by atoms with E-state index in [2.05, 4.69) is 4.98 Å². The zero-order chi connectivity index (χ0) is 18.1. The molecule has 0 aliphatic heterocycles. The van der Waals surface area contributed by atoms with Gasteiger partial charge in [0.05, 0.1) is 16.7 Å². The van der Waals surface area contributed by atoms with E-state index in [9.17, 15) is 9.59 Å². The van der Waals surface area contributed by atoms with Crippen molar-refractivity contribution < 1.29 is 4.79 Å². The third kappa shape index (κ3) is 3.24. The lowest BCUT2D eigenvalue weighted by Gasteiger charge is -2.17. The van der Waals surface area contributed by atoms with Gasteiger partial charge >= 0.3 is 0 Å². The smallest absolute Gasteiger partial charge is 0.262 e. The molecule has 132 valence electrons. The molecule has 1 aliphatic rings. The Balaban J connectivity index is 1.60. The molecular weight excluding hydrogens is 346 g/mol. The van der Waals surface area contributed by atoms with Gasteiger partial charge in [0.2, 0.25) is 5.91 Å². The summed E-state index contributed by atoms with van der Waals surface area (Å²) >= 11 is 1.34. The standard InChI is InChI=1S/C20H19N3O2S/c1-22(14-7-3-2-4-8-14)18(24)13-26-20-21-17-10-6-5-9-16(17)19(25)23(20)15-11-12-15/h2-10,15H,11-13H2,1H3. The van der Waals surface area contributed by atoms with Crippen LogP contribution in [-0.4, -0.2) is 28.3 Å². The number of nitrogens with zero attached hydrogens (tertiary/aromatic N) is 3. The Labute approximate surface area is 155 Å². The van der Waals surface area contributed by atoms with E-state index in [0.717, 1.165) is 18.5 Å². The molecule has 1 fully saturated rings. The second-order valence-corrected chi connectivity index (χ2v) is 7.34. The zero-order valence-corrected chi connectivity index (χ0v) is 15.3. The van der Waals surface area contributed by atoms with E-state index in [1.54, 1.807) is 16.5 Å². The quantitative estimate of drug-likeness (QED) is 0.513. The van der Waals surface area contributed by atoms with Crippen molar-refractivity contribution in [2.45, 2.75) is 24.0 Å². The number of anilines is 1. The second kappa shape index (κ2) is 6.96. The summed E-state index contributed by atoms with van der Waals surface area (Å²) < 4.78 is 1.77. The summed E-state index contributed by atoms with van der Waals surface area (Å²) in [7, 11) is 1.76. The van der Waals surface area contributed by atoms with E-state index in [0.29, 0.717) is 16.1 Å². The zero-order valence-electron chi connectivity index (χ0n) is 14.5. The number of para-hydroxylation sites is 2. The van der Waals surface area contributed by atoms with Crippen LogP contribution in [-0.2, 0) is 4.79 Å². The van der Waals surface area contributed by atoms with E-state index in [-0.39, 0.29) is 23.3 Å². The fraction of sp³-hybridized carbons (Fsp3) is 0.250. The largest absolute Gasteiger partial charge is 0.315 e. The molecule has 2 aromatic carbocycles. The maximum atomic E-state index is 12.8. The van der Waals surface area contributed by atoms with Crippen LogP contribution >= 0.6 is 11.8 Å². The maximum Gasteiger partial charge on any atom is 0.262 e. The highest BCUT2D eigenvalue weighted by Gasteiger charge is 2.29. The van der Waals surface area contributed by atoms with Crippen molar-refractivity contribution in [2.24, 2.45) is 0 Å². The molecule has 3 aromatic rings. The number of thioether (sulfide) groups is 1. The first kappa shape index (κ1) is 16.8. The highest BCUT2D eigenvalue weighted by atomic mass is 32.2. The average molecular weight is 365 g/mol. The van der Waals surface area contributed by atoms with Crippen LogP contribution in [0.3, 0.4) is 0 Å². The van der Waals surface area contributed by atoms with E-state index >= 15 is 0 Å². The predicted molar refractivity (Wildman–Crippen MR) is 105 cm³/mol. The van der Waals surface area contributed by atoms with Gasteiger partial charge in [0.15, 0.2) is 5.16 Å². The molecule has 0 bridgehead atoms. The lowest BCUT2D eigenvalue weighted by Crippen LogP contribution is -2.28. The molecule has 26 heavy (non-hydrogen) atoms. The molecule has 0 saturated heterocycles. The first-order valence-electron chi connectivity index (χ1n) is 8.61. The molecule has 1 amide bonds. The fourth-order valence-electron chi connectivity index (χ4n) is 2.90. The number of benzene rings is 2. The van der Waals surface area contributed by atoms with Crippen molar-refractivity contribution in [2.75, 3.05) is 17.7 Å². The molecule has 5 nitrogen and oxygen atoms in total. The number of hydrogen-bond acceptors (Lipinski definition) is 4. The van der Waals surface area contributed by atoms with Crippen LogP contribution in [0.5, 0.6) is 0 Å². The van der Waals surface area contributed by atoms with E-state index in [1.165, 1.54) is 11.8 Å². The predicted octanol–water partition coefficient (Wildman–Crippen LogP) is 3.49. The van der Waals surface area contributed by atoms with Crippen LogP contribution in [0.15, 0.2) is 64.5 Å². The molecule has 1 aliphatic carbocycles. The monoisotopic (exact) mass is 365 g/mol. The first-order chi connectivity index (χ1) is 12.6. The Morgan fingerprint density at radius 3 is 2.58 bits per heavy atom. The Morgan fingerprint density at radius 2 is 1.85 bits per heavy atom. The van der Waals surface area contributed by atoms with E-state index in [1.807, 2.05) is 54.6 Å². The summed E-state index contributed by atoms with van der Waals surface area (Å²) in [5.41, 5.74) is 1.52. The minimum absolute atomic E-state index is 0.00976. The van der Waals surface area contributed by atoms with E-state index in [4.69, 9.17) is 0 Å². The molecule has 1 heterocycles. The van der Waals surface area contributed by atoms with Gasteiger partial charge in [-0.1, -0.05) is 42.1 Å². The molecule has 0 N–H and O–H groups in total. The molecule has 1 aromatic heterocycles. The van der Waals surface area contributed by atoms with Gasteiger partial charge in [0.25, 0.3) is 5.56 Å². The third-order valence-corrected chi connectivity index (χ3v) is 5.47. The molecule has 0 spiro atoms. The molecule has 0 atom stereocenters. The Bertz CT molecular complexity index is 1010. The van der Waals surface area contributed by atoms with Gasteiger partial charge in [-0.3, -0.25) is 14.2 Å². The van der Waals surface area contributed by atoms with Crippen LogP contribution in [0.25, 0.3) is 10.9 Å². The number of carbonyl (C=O) groups is 1. The summed E-state index contributed by atoms with van der Waals surface area (Å²) in [4.78, 5) is 31.7. The minimum Gasteiger partial charge on any atom is -0.315 e. The fourth-order valence-corrected chi connectivity index (χ4v) is 3.88. The van der Waals surface area contributed by atoms with Gasteiger partial charge in [-0.2, -0.15) is 0 Å². The number of rotatable bonds is 5. The van der Waals surface area contributed by atoms with Gasteiger partial charge in [-0.15, -0.1) is 0 Å². The van der Waals surface area contributed by atoms with Crippen LogP contribution in [0.2, 0.25) is 0 Å². The Kier molecular flexibility index (Phi) is 4.51. The summed E-state index contributed by atoms with van der Waals surface area (Å²) in [6.45, 7) is 0. The molecular formula is C20H19N3O2S. The molecule has 0 radical (unpaired) electrons. The Hall–Kier alpha value is -2.60. The lowest BCUT2D eigenvalue weighted by molar-refractivity contribution is -0.115. The number of hydrogen-bond donors (Lipinski definition) is 0. The van der Waals surface area contributed by atoms with Crippen LogP contribution in [0.4, 0.5) is 5.69 Å². The number of fused-ring (bicyclic) bond motifs is 1. The van der Waals surface area contributed by atoms with Gasteiger partial charge in [0.1, 0.15) is 0 Å². The van der Waals surface area contributed by atoms with Gasteiger partial charge in [0, 0.05) is 18.8 Å². The number of amides is 1. The van der Waals surface area contributed by atoms with Crippen molar-refractivity contribution in [1.29, 1.82) is 0 Å². The Morgan fingerprint density at radius 1 is 1.15 bits per heavy atom. The lowest BCUT2D eigenvalue weighted by atomic mass is 10.2. The highest BCUT2D eigenvalue weighted by Crippen LogP contribution is 2.36. The van der Waals surface area contributed by atoms with Crippen LogP contribution in [0, 0.1) is 0 Å². The SMILES string of the molecule is CN(C(=O)CSc1nc2ccccc2c(=O)n1C1CC1)c1ccccc1. The highest BCUT2D eigenvalue weighted by molar-refractivity contribution is 7.99. The van der Waals surface area contributed by atoms with E-state index < -0.39 is 0 Å². The van der Waals surface area contributed by atoms with Gasteiger partial charge in [-0.25, -0.2) is 4.98 Å². The minimum atomic E-state index is -0.0223. The number of carbonyl (C=O) groups excluding carboxylic acids is 1. The van der Waals surface area contributed by atoms with Crippen molar-refractivity contribution in [1.82, 2.24) is 9.55 Å². The molecule has 0 unspecified atom stereocenters. The van der Waals surface area contributed by atoms with Crippen LogP contribution < -0.4 is 10.5 Å².